The quantitative estimate of drug-likeness (QED) is 0.783. The molecule has 2 aromatic carbocycles. The molecule has 0 aliphatic rings. The number of thiocarbonyl (C=S) groups is 1. The highest BCUT2D eigenvalue weighted by molar-refractivity contribution is 7.80. The molecule has 0 bridgehead atoms. The van der Waals surface area contributed by atoms with Gasteiger partial charge in [0.25, 0.3) is 5.91 Å². The van der Waals surface area contributed by atoms with Crippen molar-refractivity contribution in [3.8, 4) is 5.75 Å². The van der Waals surface area contributed by atoms with Gasteiger partial charge in [0.2, 0.25) is 0 Å². The number of hydrogen-bond acceptors (Lipinski definition) is 3. The van der Waals surface area contributed by atoms with E-state index in [1.165, 1.54) is 18.2 Å². The second-order valence-electron chi connectivity index (χ2n) is 4.44. The van der Waals surface area contributed by atoms with Crippen molar-refractivity contribution >= 4 is 40.5 Å². The van der Waals surface area contributed by atoms with E-state index >= 15 is 0 Å². The van der Waals surface area contributed by atoms with Crippen LogP contribution in [0.2, 0.25) is 5.02 Å². The number of ether oxygens (including phenoxy) is 1. The second kappa shape index (κ2) is 7.50. The average molecular weight is 375 g/mol. The number of alkyl halides is 3. The lowest BCUT2D eigenvalue weighted by atomic mass is 10.2. The molecule has 0 saturated carbocycles. The molecule has 0 aromatic heterocycles. The normalized spacial score (nSPS) is 10.8. The van der Waals surface area contributed by atoms with Gasteiger partial charge in [-0.1, -0.05) is 35.9 Å². The molecule has 2 N–H and O–H groups in total. The summed E-state index contributed by atoms with van der Waals surface area (Å²) in [5, 5.41) is 4.37. The van der Waals surface area contributed by atoms with Crippen molar-refractivity contribution in [3.63, 3.8) is 0 Å². The molecular formula is C15H10ClF3N2O2S. The molecule has 2 aromatic rings. The number of carbonyl (C=O) groups excluding carboxylic acids is 1. The molecule has 2 rings (SSSR count). The van der Waals surface area contributed by atoms with Crippen LogP contribution in [-0.4, -0.2) is 17.4 Å². The van der Waals surface area contributed by atoms with E-state index < -0.39 is 18.0 Å². The van der Waals surface area contributed by atoms with Gasteiger partial charge in [-0.2, -0.15) is 0 Å². The molecule has 9 heteroatoms. The number of anilines is 1. The molecule has 0 unspecified atom stereocenters. The molecular weight excluding hydrogens is 365 g/mol. The van der Waals surface area contributed by atoms with Gasteiger partial charge in [-0.15, -0.1) is 13.2 Å². The molecule has 126 valence electrons. The monoisotopic (exact) mass is 374 g/mol. The molecule has 0 aliphatic carbocycles. The first-order valence-electron chi connectivity index (χ1n) is 6.48. The van der Waals surface area contributed by atoms with Crippen molar-refractivity contribution in [2.75, 3.05) is 5.32 Å². The SMILES string of the molecule is O=C(NC(=S)Nc1cccc(Cl)c1OC(F)(F)F)c1ccccc1. The van der Waals surface area contributed by atoms with Gasteiger partial charge in [0.1, 0.15) is 0 Å². The Morgan fingerprint density at radius 2 is 1.75 bits per heavy atom. The predicted octanol–water partition coefficient (Wildman–Crippen LogP) is 4.37. The van der Waals surface area contributed by atoms with Gasteiger partial charge in [-0.25, -0.2) is 0 Å². The summed E-state index contributed by atoms with van der Waals surface area (Å²) < 4.78 is 41.3. The number of benzene rings is 2. The number of hydrogen-bond donors (Lipinski definition) is 2. The van der Waals surface area contributed by atoms with Crippen molar-refractivity contribution in [3.05, 3.63) is 59.1 Å². The number of amides is 1. The van der Waals surface area contributed by atoms with E-state index in [-0.39, 0.29) is 15.8 Å². The second-order valence-corrected chi connectivity index (χ2v) is 5.25. The Labute approximate surface area is 145 Å². The molecule has 0 heterocycles. The van der Waals surface area contributed by atoms with E-state index in [9.17, 15) is 18.0 Å². The maximum Gasteiger partial charge on any atom is 0.573 e. The van der Waals surface area contributed by atoms with Gasteiger partial charge in [-0.05, 0) is 36.5 Å². The fourth-order valence-corrected chi connectivity index (χ4v) is 2.16. The number of nitrogens with one attached hydrogen (secondary N) is 2. The summed E-state index contributed by atoms with van der Waals surface area (Å²) in [6.45, 7) is 0. The fraction of sp³-hybridized carbons (Fsp3) is 0.0667. The largest absolute Gasteiger partial charge is 0.573 e. The summed E-state index contributed by atoms with van der Waals surface area (Å²) in [6.07, 6.45) is -4.92. The van der Waals surface area contributed by atoms with Crippen LogP contribution in [0.1, 0.15) is 10.4 Å². The lowest BCUT2D eigenvalue weighted by Gasteiger charge is -2.16. The number of carbonyl (C=O) groups is 1. The van der Waals surface area contributed by atoms with Crippen molar-refractivity contribution < 1.29 is 22.7 Å². The van der Waals surface area contributed by atoms with E-state index in [4.69, 9.17) is 23.8 Å². The van der Waals surface area contributed by atoms with Gasteiger partial charge in [-0.3, -0.25) is 10.1 Å². The van der Waals surface area contributed by atoms with Crippen molar-refractivity contribution in [2.24, 2.45) is 0 Å². The van der Waals surface area contributed by atoms with Crippen molar-refractivity contribution in [1.82, 2.24) is 5.32 Å². The molecule has 0 radical (unpaired) electrons. The van der Waals surface area contributed by atoms with E-state index in [0.717, 1.165) is 0 Å². The minimum absolute atomic E-state index is 0.127. The average Bonchev–Trinajstić information content (AvgIpc) is 2.50. The standard InChI is InChI=1S/C15H10ClF3N2O2S/c16-10-7-4-8-11(12(10)23-15(17,18)19)20-14(24)21-13(22)9-5-2-1-3-6-9/h1-8H,(H2,20,21,22,24). The Morgan fingerprint density at radius 3 is 2.38 bits per heavy atom. The number of halogens is 4. The lowest BCUT2D eigenvalue weighted by Crippen LogP contribution is -2.34. The van der Waals surface area contributed by atoms with Crippen LogP contribution < -0.4 is 15.4 Å². The summed E-state index contributed by atoms with van der Waals surface area (Å²) in [6, 6.07) is 12.1. The zero-order chi connectivity index (χ0) is 17.7. The summed E-state index contributed by atoms with van der Waals surface area (Å²) >= 11 is 10.7. The summed E-state index contributed by atoms with van der Waals surface area (Å²) in [5.74, 6) is -1.14. The first kappa shape index (κ1) is 18.0. The first-order valence-corrected chi connectivity index (χ1v) is 7.26. The molecule has 0 spiro atoms. The van der Waals surface area contributed by atoms with Crippen LogP contribution in [0.4, 0.5) is 18.9 Å². The van der Waals surface area contributed by atoms with Crippen LogP contribution in [0.5, 0.6) is 5.75 Å². The zero-order valence-corrected chi connectivity index (χ0v) is 13.4. The van der Waals surface area contributed by atoms with Gasteiger partial charge in [0, 0.05) is 5.56 Å². The fourth-order valence-electron chi connectivity index (χ4n) is 1.75. The molecule has 24 heavy (non-hydrogen) atoms. The van der Waals surface area contributed by atoms with Crippen LogP contribution in [0.15, 0.2) is 48.5 Å². The summed E-state index contributed by atoms with van der Waals surface area (Å²) in [4.78, 5) is 12.0. The topological polar surface area (TPSA) is 50.4 Å². The van der Waals surface area contributed by atoms with E-state index in [1.54, 1.807) is 30.3 Å². The van der Waals surface area contributed by atoms with Gasteiger partial charge < -0.3 is 10.1 Å². The molecule has 1 amide bonds. The highest BCUT2D eigenvalue weighted by Gasteiger charge is 2.33. The van der Waals surface area contributed by atoms with E-state index in [2.05, 4.69) is 15.4 Å². The van der Waals surface area contributed by atoms with Crippen LogP contribution in [-0.2, 0) is 0 Å². The molecule has 4 nitrogen and oxygen atoms in total. The molecule has 0 fully saturated rings. The maximum absolute atomic E-state index is 12.5. The Kier molecular flexibility index (Phi) is 5.63. The molecule has 0 saturated heterocycles. The summed E-state index contributed by atoms with van der Waals surface area (Å²) in [5.41, 5.74) is 0.220. The lowest BCUT2D eigenvalue weighted by molar-refractivity contribution is -0.274. The van der Waals surface area contributed by atoms with E-state index in [1.807, 2.05) is 0 Å². The van der Waals surface area contributed by atoms with Gasteiger partial charge in [0.15, 0.2) is 10.9 Å². The Balaban J connectivity index is 2.12. The van der Waals surface area contributed by atoms with Crippen LogP contribution in [0.25, 0.3) is 0 Å². The third-order valence-electron chi connectivity index (χ3n) is 2.70. The highest BCUT2D eigenvalue weighted by Crippen LogP contribution is 2.36. The Morgan fingerprint density at radius 1 is 1.08 bits per heavy atom. The molecule has 0 aliphatic heterocycles. The number of para-hydroxylation sites is 1. The first-order chi connectivity index (χ1) is 11.3. The third-order valence-corrected chi connectivity index (χ3v) is 3.20. The van der Waals surface area contributed by atoms with Crippen LogP contribution in [0.3, 0.4) is 0 Å². The smallest absolute Gasteiger partial charge is 0.402 e. The Bertz CT molecular complexity index is 754. The van der Waals surface area contributed by atoms with Gasteiger partial charge in [0.05, 0.1) is 10.7 Å². The van der Waals surface area contributed by atoms with Crippen LogP contribution in [0, 0.1) is 0 Å². The van der Waals surface area contributed by atoms with Crippen LogP contribution >= 0.6 is 23.8 Å². The molecule has 0 atom stereocenters. The van der Waals surface area contributed by atoms with Gasteiger partial charge >= 0.3 is 6.36 Å². The highest BCUT2D eigenvalue weighted by atomic mass is 35.5. The minimum atomic E-state index is -4.92. The maximum atomic E-state index is 12.5. The van der Waals surface area contributed by atoms with E-state index in [0.29, 0.717) is 5.56 Å². The summed E-state index contributed by atoms with van der Waals surface area (Å²) in [7, 11) is 0. The third kappa shape index (κ3) is 5.10. The zero-order valence-electron chi connectivity index (χ0n) is 11.9. The number of rotatable bonds is 3. The predicted molar refractivity (Wildman–Crippen MR) is 88.3 cm³/mol. The minimum Gasteiger partial charge on any atom is -0.402 e. The van der Waals surface area contributed by atoms with Crippen molar-refractivity contribution in [1.29, 1.82) is 0 Å². The van der Waals surface area contributed by atoms with Crippen molar-refractivity contribution in [2.45, 2.75) is 6.36 Å². The Hall–Kier alpha value is -2.32.